The summed E-state index contributed by atoms with van der Waals surface area (Å²) in [5.74, 6) is 0. The van der Waals surface area contributed by atoms with Crippen LogP contribution in [0.15, 0.2) is 66.3 Å². The predicted molar refractivity (Wildman–Crippen MR) is 114 cm³/mol. The van der Waals surface area contributed by atoms with Crippen molar-refractivity contribution in [1.29, 1.82) is 0 Å². The monoisotopic (exact) mass is 390 g/mol. The highest BCUT2D eigenvalue weighted by molar-refractivity contribution is 7.14. The van der Waals surface area contributed by atoms with Crippen molar-refractivity contribution in [2.75, 3.05) is 11.9 Å². The van der Waals surface area contributed by atoms with E-state index in [0.717, 1.165) is 33.3 Å². The Kier molecular flexibility index (Phi) is 5.50. The summed E-state index contributed by atoms with van der Waals surface area (Å²) in [6, 6.07) is 16.5. The molecule has 0 fully saturated rings. The van der Waals surface area contributed by atoms with E-state index in [4.69, 9.17) is 9.72 Å². The van der Waals surface area contributed by atoms with Gasteiger partial charge in [0.25, 0.3) is 0 Å². The van der Waals surface area contributed by atoms with Crippen molar-refractivity contribution in [3.63, 3.8) is 0 Å². The first-order valence-corrected chi connectivity index (χ1v) is 10.1. The second-order valence-electron chi connectivity index (χ2n) is 6.45. The molecule has 0 atom stereocenters. The molecule has 0 saturated heterocycles. The van der Waals surface area contributed by atoms with E-state index in [2.05, 4.69) is 65.2 Å². The molecule has 6 heteroatoms. The molecule has 1 N–H and O–H groups in total. The second-order valence-corrected chi connectivity index (χ2v) is 7.30. The Balaban J connectivity index is 1.50. The van der Waals surface area contributed by atoms with Crippen molar-refractivity contribution in [3.8, 4) is 16.9 Å². The van der Waals surface area contributed by atoms with Gasteiger partial charge in [-0.3, -0.25) is 0 Å². The molecule has 0 unspecified atom stereocenters. The summed E-state index contributed by atoms with van der Waals surface area (Å²) in [6.07, 6.45) is 3.71. The first kappa shape index (κ1) is 18.4. The lowest BCUT2D eigenvalue weighted by atomic mass is 10.1. The molecule has 4 rings (SSSR count). The molecule has 0 aliphatic rings. The molecular weight excluding hydrogens is 368 g/mol. The van der Waals surface area contributed by atoms with E-state index < -0.39 is 0 Å². The number of nitrogens with one attached hydrogen (secondary N) is 1. The lowest BCUT2D eigenvalue weighted by molar-refractivity contribution is 0.134. The number of thiazole rings is 1. The number of benzene rings is 2. The van der Waals surface area contributed by atoms with E-state index in [1.165, 1.54) is 5.56 Å². The van der Waals surface area contributed by atoms with Crippen LogP contribution in [0.4, 0.5) is 10.8 Å². The molecule has 0 radical (unpaired) electrons. The van der Waals surface area contributed by atoms with Crippen LogP contribution in [0.2, 0.25) is 0 Å². The molecule has 0 aliphatic heterocycles. The van der Waals surface area contributed by atoms with Crippen LogP contribution in [-0.2, 0) is 11.3 Å². The molecule has 0 amide bonds. The van der Waals surface area contributed by atoms with E-state index in [1.54, 1.807) is 17.5 Å². The minimum absolute atomic E-state index is 0.622. The zero-order valence-electron chi connectivity index (χ0n) is 15.9. The van der Waals surface area contributed by atoms with Gasteiger partial charge in [-0.05, 0) is 49.2 Å². The summed E-state index contributed by atoms with van der Waals surface area (Å²) in [5.41, 5.74) is 6.47. The smallest absolute Gasteiger partial charge is 0.187 e. The lowest BCUT2D eigenvalue weighted by Crippen LogP contribution is -1.97. The Labute approximate surface area is 168 Å². The molecule has 5 nitrogen and oxygen atoms in total. The van der Waals surface area contributed by atoms with Gasteiger partial charge >= 0.3 is 0 Å². The number of aryl methyl sites for hydroxylation is 1. The second kappa shape index (κ2) is 8.37. The van der Waals surface area contributed by atoms with Gasteiger partial charge < -0.3 is 10.1 Å². The summed E-state index contributed by atoms with van der Waals surface area (Å²) in [4.78, 5) is 4.75. The number of ether oxygens (including phenoxy) is 1. The van der Waals surface area contributed by atoms with Crippen LogP contribution >= 0.6 is 11.3 Å². The maximum atomic E-state index is 5.52. The molecule has 0 aliphatic carbocycles. The fourth-order valence-electron chi connectivity index (χ4n) is 2.90. The van der Waals surface area contributed by atoms with Gasteiger partial charge in [0.05, 0.1) is 18.0 Å². The summed E-state index contributed by atoms with van der Waals surface area (Å²) in [7, 11) is 0. The number of anilines is 2. The molecule has 2 heterocycles. The molecule has 2 aromatic carbocycles. The van der Waals surface area contributed by atoms with Gasteiger partial charge in [-0.25, -0.2) is 9.67 Å². The standard InChI is InChI=1S/C22H22N4OS/c1-3-27-14-17-6-5-16(2)20(13-17)24-22-25-21(15-28-22)18-7-9-19(10-8-18)26-12-4-11-23-26/h4-13,15H,3,14H2,1-2H3,(H,24,25). The first-order chi connectivity index (χ1) is 13.7. The zero-order valence-corrected chi connectivity index (χ0v) is 16.7. The molecule has 0 saturated carbocycles. The van der Waals surface area contributed by atoms with Crippen molar-refractivity contribution in [2.24, 2.45) is 0 Å². The fraction of sp³-hybridized carbons (Fsp3) is 0.182. The third-order valence-corrected chi connectivity index (χ3v) is 5.21. The van der Waals surface area contributed by atoms with Gasteiger partial charge in [-0.1, -0.05) is 24.3 Å². The van der Waals surface area contributed by atoms with Crippen molar-refractivity contribution >= 4 is 22.2 Å². The van der Waals surface area contributed by atoms with E-state index >= 15 is 0 Å². The van der Waals surface area contributed by atoms with Gasteiger partial charge in [-0.2, -0.15) is 5.10 Å². The molecule has 0 spiro atoms. The number of hydrogen-bond acceptors (Lipinski definition) is 5. The minimum Gasteiger partial charge on any atom is -0.377 e. The average Bonchev–Trinajstić information content (AvgIpc) is 3.41. The van der Waals surface area contributed by atoms with Crippen LogP contribution < -0.4 is 5.32 Å². The van der Waals surface area contributed by atoms with Crippen LogP contribution in [0.1, 0.15) is 18.1 Å². The van der Waals surface area contributed by atoms with Gasteiger partial charge in [-0.15, -0.1) is 11.3 Å². The molecular formula is C22H22N4OS. The normalized spacial score (nSPS) is 10.9. The first-order valence-electron chi connectivity index (χ1n) is 9.23. The fourth-order valence-corrected chi connectivity index (χ4v) is 3.63. The summed E-state index contributed by atoms with van der Waals surface area (Å²) < 4.78 is 7.36. The van der Waals surface area contributed by atoms with Gasteiger partial charge in [0.2, 0.25) is 0 Å². The third-order valence-electron chi connectivity index (χ3n) is 4.45. The minimum atomic E-state index is 0.622. The number of aromatic nitrogens is 3. The molecule has 2 aromatic heterocycles. The molecule has 4 aromatic rings. The number of nitrogens with zero attached hydrogens (tertiary/aromatic N) is 3. The summed E-state index contributed by atoms with van der Waals surface area (Å²) in [5, 5.41) is 10.7. The predicted octanol–water partition coefficient (Wildman–Crippen LogP) is 5.58. The molecule has 142 valence electrons. The Morgan fingerprint density at radius 1 is 1.14 bits per heavy atom. The van der Waals surface area contributed by atoms with E-state index in [1.807, 2.05) is 23.9 Å². The zero-order chi connectivity index (χ0) is 19.3. The maximum Gasteiger partial charge on any atom is 0.187 e. The van der Waals surface area contributed by atoms with E-state index in [9.17, 15) is 0 Å². The lowest BCUT2D eigenvalue weighted by Gasteiger charge is -2.09. The van der Waals surface area contributed by atoms with E-state index in [-0.39, 0.29) is 0 Å². The molecule has 28 heavy (non-hydrogen) atoms. The Morgan fingerprint density at radius 2 is 2.00 bits per heavy atom. The Bertz CT molecular complexity index is 1040. The number of hydrogen-bond donors (Lipinski definition) is 1. The van der Waals surface area contributed by atoms with Crippen molar-refractivity contribution in [2.45, 2.75) is 20.5 Å². The van der Waals surface area contributed by atoms with Crippen molar-refractivity contribution < 1.29 is 4.74 Å². The Hall–Kier alpha value is -2.96. The van der Waals surface area contributed by atoms with Crippen LogP contribution in [0.5, 0.6) is 0 Å². The van der Waals surface area contributed by atoms with Crippen LogP contribution in [0.25, 0.3) is 16.9 Å². The van der Waals surface area contributed by atoms with Crippen LogP contribution in [0, 0.1) is 6.92 Å². The summed E-state index contributed by atoms with van der Waals surface area (Å²) in [6.45, 7) is 5.43. The highest BCUT2D eigenvalue weighted by atomic mass is 32.1. The SMILES string of the molecule is CCOCc1ccc(C)c(Nc2nc(-c3ccc(-n4cccn4)cc3)cs2)c1. The number of rotatable bonds is 7. The van der Waals surface area contributed by atoms with Gasteiger partial charge in [0, 0.05) is 35.6 Å². The van der Waals surface area contributed by atoms with Gasteiger partial charge in [0.1, 0.15) is 0 Å². The highest BCUT2D eigenvalue weighted by Gasteiger charge is 2.08. The quantitative estimate of drug-likeness (QED) is 0.447. The summed E-state index contributed by atoms with van der Waals surface area (Å²) >= 11 is 1.60. The van der Waals surface area contributed by atoms with Crippen molar-refractivity contribution in [1.82, 2.24) is 14.8 Å². The van der Waals surface area contributed by atoms with E-state index in [0.29, 0.717) is 13.2 Å². The van der Waals surface area contributed by atoms with Crippen LogP contribution in [0.3, 0.4) is 0 Å². The molecule has 0 bridgehead atoms. The van der Waals surface area contributed by atoms with Gasteiger partial charge in [0.15, 0.2) is 5.13 Å². The average molecular weight is 391 g/mol. The van der Waals surface area contributed by atoms with Crippen molar-refractivity contribution in [3.05, 3.63) is 77.4 Å². The maximum absolute atomic E-state index is 5.52. The highest BCUT2D eigenvalue weighted by Crippen LogP contribution is 2.29. The Morgan fingerprint density at radius 3 is 2.75 bits per heavy atom. The third kappa shape index (κ3) is 4.13. The largest absolute Gasteiger partial charge is 0.377 e. The van der Waals surface area contributed by atoms with Crippen LogP contribution in [-0.4, -0.2) is 21.4 Å². The topological polar surface area (TPSA) is 52.0 Å².